The smallest absolute Gasteiger partial charge is 0.246 e. The van der Waals surface area contributed by atoms with Crippen molar-refractivity contribution in [2.45, 2.75) is 17.9 Å². The van der Waals surface area contributed by atoms with E-state index in [0.717, 1.165) is 18.2 Å². The number of piperazine rings is 1. The number of hydrogen-bond donors (Lipinski definition) is 1. The van der Waals surface area contributed by atoms with Crippen molar-refractivity contribution in [3.05, 3.63) is 29.8 Å². The number of nitrogens with one attached hydrogen (secondary N) is 1. The Kier molecular flexibility index (Phi) is 5.26. The van der Waals surface area contributed by atoms with Crippen molar-refractivity contribution in [3.63, 3.8) is 0 Å². The first kappa shape index (κ1) is 16.3. The second-order valence-electron chi connectivity index (χ2n) is 4.29. The van der Waals surface area contributed by atoms with E-state index in [4.69, 9.17) is 0 Å². The monoisotopic (exact) mass is 312 g/mol. The summed E-state index contributed by atoms with van der Waals surface area (Å²) in [5, 5.41) is 3.09. The third-order valence-corrected chi connectivity index (χ3v) is 4.72. The Morgan fingerprint density at radius 1 is 1.37 bits per heavy atom. The van der Waals surface area contributed by atoms with Gasteiger partial charge in [0, 0.05) is 25.7 Å². The highest BCUT2D eigenvalue weighted by molar-refractivity contribution is 7.89. The van der Waals surface area contributed by atoms with Gasteiger partial charge < -0.3 is 5.32 Å². The maximum atomic E-state index is 13.5. The molecule has 1 aromatic carbocycles. The molecule has 0 radical (unpaired) electrons. The van der Waals surface area contributed by atoms with Crippen LogP contribution in [-0.2, 0) is 10.0 Å². The second-order valence-corrected chi connectivity index (χ2v) is 6.20. The highest BCUT2D eigenvalue weighted by Gasteiger charge is 2.30. The number of rotatable bonds is 2. The van der Waals surface area contributed by atoms with Crippen molar-refractivity contribution in [2.24, 2.45) is 0 Å². The summed E-state index contributed by atoms with van der Waals surface area (Å²) >= 11 is 0. The van der Waals surface area contributed by atoms with Gasteiger partial charge in [-0.25, -0.2) is 17.2 Å². The van der Waals surface area contributed by atoms with Crippen LogP contribution in [0, 0.1) is 11.6 Å². The third-order valence-electron chi connectivity index (χ3n) is 2.84. The van der Waals surface area contributed by atoms with Gasteiger partial charge in [0.25, 0.3) is 0 Å². The summed E-state index contributed by atoms with van der Waals surface area (Å²) < 4.78 is 52.2. The van der Waals surface area contributed by atoms with Crippen molar-refractivity contribution < 1.29 is 17.2 Å². The number of sulfonamides is 1. The summed E-state index contributed by atoms with van der Waals surface area (Å²) in [4.78, 5) is -0.600. The molecule has 0 aromatic heterocycles. The quantitative estimate of drug-likeness (QED) is 0.897. The Bertz CT molecular complexity index is 554. The fourth-order valence-corrected chi connectivity index (χ4v) is 3.53. The fraction of sp³-hybridized carbons (Fsp3) is 0.455. The topological polar surface area (TPSA) is 49.4 Å². The van der Waals surface area contributed by atoms with Crippen LogP contribution < -0.4 is 5.32 Å². The SMILES string of the molecule is C[C@@H]1CN(S(=O)(=O)c2cc(F)ccc2F)CCN1.Cl. The van der Waals surface area contributed by atoms with E-state index < -0.39 is 26.6 Å². The van der Waals surface area contributed by atoms with Crippen molar-refractivity contribution in [2.75, 3.05) is 19.6 Å². The van der Waals surface area contributed by atoms with E-state index in [2.05, 4.69) is 5.32 Å². The molecule has 2 rings (SSSR count). The van der Waals surface area contributed by atoms with Crippen molar-refractivity contribution in [1.82, 2.24) is 9.62 Å². The lowest BCUT2D eigenvalue weighted by atomic mass is 10.3. The highest BCUT2D eigenvalue weighted by Crippen LogP contribution is 2.21. The van der Waals surface area contributed by atoms with Gasteiger partial charge in [-0.15, -0.1) is 12.4 Å². The minimum atomic E-state index is -3.97. The lowest BCUT2D eigenvalue weighted by Crippen LogP contribution is -2.51. The molecule has 1 aromatic rings. The zero-order chi connectivity index (χ0) is 13.3. The van der Waals surface area contributed by atoms with E-state index in [1.807, 2.05) is 6.92 Å². The molecular weight excluding hydrogens is 298 g/mol. The van der Waals surface area contributed by atoms with E-state index >= 15 is 0 Å². The Morgan fingerprint density at radius 3 is 2.68 bits per heavy atom. The second kappa shape index (κ2) is 6.13. The van der Waals surface area contributed by atoms with Gasteiger partial charge >= 0.3 is 0 Å². The summed E-state index contributed by atoms with van der Waals surface area (Å²) in [7, 11) is -3.97. The molecule has 0 bridgehead atoms. The summed E-state index contributed by atoms with van der Waals surface area (Å²) in [6, 6.07) is 2.44. The molecule has 0 amide bonds. The zero-order valence-electron chi connectivity index (χ0n) is 10.3. The van der Waals surface area contributed by atoms with Crippen molar-refractivity contribution >= 4 is 22.4 Å². The molecule has 1 aliphatic heterocycles. The molecule has 0 aliphatic carbocycles. The van der Waals surface area contributed by atoms with Crippen molar-refractivity contribution in [1.29, 1.82) is 0 Å². The van der Waals surface area contributed by atoms with Gasteiger partial charge in [-0.05, 0) is 25.1 Å². The maximum absolute atomic E-state index is 13.5. The summed E-state index contributed by atoms with van der Waals surface area (Å²) in [5.74, 6) is -1.69. The van der Waals surface area contributed by atoms with E-state index in [1.165, 1.54) is 4.31 Å². The molecule has 4 nitrogen and oxygen atoms in total. The first-order valence-corrected chi connectivity index (χ1v) is 7.04. The molecule has 8 heteroatoms. The molecule has 1 atom stereocenters. The van der Waals surface area contributed by atoms with Crippen LogP contribution >= 0.6 is 12.4 Å². The molecule has 1 N–H and O–H groups in total. The maximum Gasteiger partial charge on any atom is 0.246 e. The number of halogens is 3. The van der Waals surface area contributed by atoms with E-state index in [0.29, 0.717) is 6.54 Å². The zero-order valence-corrected chi connectivity index (χ0v) is 11.9. The van der Waals surface area contributed by atoms with Crippen LogP contribution in [0.2, 0.25) is 0 Å². The molecule has 19 heavy (non-hydrogen) atoms. The molecule has 1 aliphatic rings. The third kappa shape index (κ3) is 3.42. The van der Waals surface area contributed by atoms with Crippen LogP contribution in [0.5, 0.6) is 0 Å². The van der Waals surface area contributed by atoms with Crippen LogP contribution in [0.15, 0.2) is 23.1 Å². The van der Waals surface area contributed by atoms with Crippen LogP contribution in [0.3, 0.4) is 0 Å². The van der Waals surface area contributed by atoms with Gasteiger partial charge in [-0.3, -0.25) is 0 Å². The first-order chi connectivity index (χ1) is 8.41. The molecule has 0 spiro atoms. The first-order valence-electron chi connectivity index (χ1n) is 5.60. The number of benzene rings is 1. The fourth-order valence-electron chi connectivity index (χ4n) is 1.93. The molecule has 0 saturated carbocycles. The lowest BCUT2D eigenvalue weighted by Gasteiger charge is -2.31. The van der Waals surface area contributed by atoms with Gasteiger partial charge in [0.1, 0.15) is 16.5 Å². The molecule has 108 valence electrons. The van der Waals surface area contributed by atoms with Crippen molar-refractivity contribution in [3.8, 4) is 0 Å². The standard InChI is InChI=1S/C11H14F2N2O2S.ClH/c1-8-7-15(5-4-14-8)18(16,17)11-6-9(12)2-3-10(11)13;/h2-3,6,8,14H,4-5,7H2,1H3;1H/t8-;/m1./s1. The van der Waals surface area contributed by atoms with Gasteiger partial charge in [0.05, 0.1) is 0 Å². The highest BCUT2D eigenvalue weighted by atomic mass is 35.5. The lowest BCUT2D eigenvalue weighted by molar-refractivity contribution is 0.309. The molecular formula is C11H15ClF2N2O2S. The Labute approximate surface area is 117 Å². The summed E-state index contributed by atoms with van der Waals surface area (Å²) in [6.07, 6.45) is 0. The van der Waals surface area contributed by atoms with E-state index in [9.17, 15) is 17.2 Å². The minimum Gasteiger partial charge on any atom is -0.312 e. The Morgan fingerprint density at radius 2 is 2.05 bits per heavy atom. The van der Waals surface area contributed by atoms with E-state index in [-0.39, 0.29) is 31.5 Å². The summed E-state index contributed by atoms with van der Waals surface area (Å²) in [5.41, 5.74) is 0. The number of nitrogens with zero attached hydrogens (tertiary/aromatic N) is 1. The normalized spacial score (nSPS) is 20.9. The average molecular weight is 313 g/mol. The Balaban J connectivity index is 0.00000180. The predicted molar refractivity (Wildman–Crippen MR) is 69.8 cm³/mol. The molecule has 1 fully saturated rings. The van der Waals surface area contributed by atoms with Crippen LogP contribution in [0.4, 0.5) is 8.78 Å². The van der Waals surface area contributed by atoms with Gasteiger partial charge in [0.15, 0.2) is 0 Å². The van der Waals surface area contributed by atoms with Gasteiger partial charge in [-0.2, -0.15) is 4.31 Å². The average Bonchev–Trinajstić information content (AvgIpc) is 2.32. The predicted octanol–water partition coefficient (Wildman–Crippen LogP) is 1.37. The largest absolute Gasteiger partial charge is 0.312 e. The van der Waals surface area contributed by atoms with Crippen LogP contribution in [0.25, 0.3) is 0 Å². The van der Waals surface area contributed by atoms with Gasteiger partial charge in [0.2, 0.25) is 10.0 Å². The van der Waals surface area contributed by atoms with E-state index in [1.54, 1.807) is 0 Å². The van der Waals surface area contributed by atoms with Crippen LogP contribution in [0.1, 0.15) is 6.92 Å². The number of hydrogen-bond acceptors (Lipinski definition) is 3. The van der Waals surface area contributed by atoms with Gasteiger partial charge in [-0.1, -0.05) is 0 Å². The molecule has 1 heterocycles. The molecule has 1 saturated heterocycles. The molecule has 0 unspecified atom stereocenters. The summed E-state index contributed by atoms with van der Waals surface area (Å²) in [6.45, 7) is 2.84. The van der Waals surface area contributed by atoms with Crippen LogP contribution in [-0.4, -0.2) is 38.4 Å². The Hall–Kier alpha value is -0.760. The minimum absolute atomic E-state index is 0.